The van der Waals surface area contributed by atoms with Crippen molar-refractivity contribution in [2.24, 2.45) is 0 Å². The molecule has 1 aliphatic heterocycles. The van der Waals surface area contributed by atoms with Crippen LogP contribution in [0.25, 0.3) is 0 Å². The largest absolute Gasteiger partial charge is 0.497 e. The van der Waals surface area contributed by atoms with Crippen molar-refractivity contribution in [3.8, 4) is 11.5 Å². The van der Waals surface area contributed by atoms with E-state index < -0.39 is 10.0 Å². The Morgan fingerprint density at radius 1 is 0.903 bits per heavy atom. The number of nitrogens with one attached hydrogen (secondary N) is 1. The second-order valence-corrected chi connectivity index (χ2v) is 9.23. The highest BCUT2D eigenvalue weighted by atomic mass is 32.2. The Hall–Kier alpha value is -2.62. The maximum absolute atomic E-state index is 12.8. The number of piperazine rings is 1. The van der Waals surface area contributed by atoms with Gasteiger partial charge in [-0.1, -0.05) is 12.1 Å². The first kappa shape index (κ1) is 23.1. The number of nitrogens with zero attached hydrogens (tertiary/aromatic N) is 2. The van der Waals surface area contributed by atoms with Gasteiger partial charge in [0, 0.05) is 39.3 Å². The summed E-state index contributed by atoms with van der Waals surface area (Å²) in [7, 11) is -0.359. The molecule has 9 heteroatoms. The van der Waals surface area contributed by atoms with Gasteiger partial charge in [0.1, 0.15) is 11.5 Å². The molecule has 0 spiro atoms. The Bertz CT molecular complexity index is 954. The van der Waals surface area contributed by atoms with E-state index in [2.05, 4.69) is 10.2 Å². The molecule has 1 amide bonds. The summed E-state index contributed by atoms with van der Waals surface area (Å²) in [5.74, 6) is 1.35. The van der Waals surface area contributed by atoms with Crippen molar-refractivity contribution in [3.63, 3.8) is 0 Å². The Labute approximate surface area is 183 Å². The number of carbonyl (C=O) groups is 1. The zero-order chi connectivity index (χ0) is 22.3. The van der Waals surface area contributed by atoms with E-state index in [-0.39, 0.29) is 10.8 Å². The molecule has 0 atom stereocenters. The second-order valence-electron chi connectivity index (χ2n) is 7.30. The number of sulfonamides is 1. The molecule has 0 radical (unpaired) electrons. The lowest BCUT2D eigenvalue weighted by atomic mass is 10.1. The van der Waals surface area contributed by atoms with Gasteiger partial charge in [-0.2, -0.15) is 4.31 Å². The summed E-state index contributed by atoms with van der Waals surface area (Å²) in [6.07, 6.45) is 0.317. The molecule has 8 nitrogen and oxygen atoms in total. The summed E-state index contributed by atoms with van der Waals surface area (Å²) in [5.41, 5.74) is 0.927. The van der Waals surface area contributed by atoms with Crippen molar-refractivity contribution in [3.05, 3.63) is 54.1 Å². The molecular weight excluding hydrogens is 418 g/mol. The van der Waals surface area contributed by atoms with Gasteiger partial charge in [-0.15, -0.1) is 0 Å². The Morgan fingerprint density at radius 3 is 2.00 bits per heavy atom. The molecule has 31 heavy (non-hydrogen) atoms. The van der Waals surface area contributed by atoms with Crippen molar-refractivity contribution >= 4 is 15.9 Å². The van der Waals surface area contributed by atoms with Crippen LogP contribution < -0.4 is 14.8 Å². The van der Waals surface area contributed by atoms with E-state index in [9.17, 15) is 13.2 Å². The normalized spacial score (nSPS) is 15.4. The highest BCUT2D eigenvalue weighted by Gasteiger charge is 2.28. The minimum atomic E-state index is -3.51. The average molecular weight is 448 g/mol. The van der Waals surface area contributed by atoms with Crippen LogP contribution in [0.3, 0.4) is 0 Å². The fraction of sp³-hybridized carbons (Fsp3) is 0.409. The van der Waals surface area contributed by atoms with E-state index in [1.807, 2.05) is 24.3 Å². The van der Waals surface area contributed by atoms with Gasteiger partial charge < -0.3 is 14.8 Å². The molecule has 0 saturated carbocycles. The molecule has 1 N–H and O–H groups in total. The zero-order valence-electron chi connectivity index (χ0n) is 17.9. The van der Waals surface area contributed by atoms with Crippen molar-refractivity contribution in [1.82, 2.24) is 14.5 Å². The fourth-order valence-electron chi connectivity index (χ4n) is 3.43. The van der Waals surface area contributed by atoms with E-state index in [1.165, 1.54) is 4.31 Å². The van der Waals surface area contributed by atoms with E-state index in [0.717, 1.165) is 11.3 Å². The van der Waals surface area contributed by atoms with Crippen molar-refractivity contribution < 1.29 is 22.7 Å². The van der Waals surface area contributed by atoms with Gasteiger partial charge in [-0.3, -0.25) is 9.69 Å². The molecule has 0 bridgehead atoms. The Kier molecular flexibility index (Phi) is 7.89. The lowest BCUT2D eigenvalue weighted by Crippen LogP contribution is -2.50. The van der Waals surface area contributed by atoms with Gasteiger partial charge in [0.15, 0.2) is 0 Å². The number of carbonyl (C=O) groups excluding carboxylic acids is 1. The van der Waals surface area contributed by atoms with Crippen LogP contribution in [0.5, 0.6) is 11.5 Å². The van der Waals surface area contributed by atoms with Crippen LogP contribution in [0.1, 0.15) is 5.56 Å². The molecule has 1 saturated heterocycles. The van der Waals surface area contributed by atoms with Crippen LogP contribution in [0.15, 0.2) is 53.4 Å². The third-order valence-electron chi connectivity index (χ3n) is 5.30. The molecule has 3 rings (SSSR count). The minimum absolute atomic E-state index is 0.0362. The number of hydrogen-bond acceptors (Lipinski definition) is 6. The SMILES string of the molecule is COc1ccc(CC(=O)NCCN2CCN(S(=O)(=O)c3ccc(OC)cc3)CC2)cc1. The first-order valence-electron chi connectivity index (χ1n) is 10.2. The molecule has 0 aliphatic carbocycles. The molecule has 1 aliphatic rings. The summed E-state index contributed by atoms with van der Waals surface area (Å²) < 4.78 is 37.3. The van der Waals surface area contributed by atoms with Gasteiger partial charge in [0.05, 0.1) is 25.5 Å². The van der Waals surface area contributed by atoms with E-state index in [1.54, 1.807) is 38.5 Å². The van der Waals surface area contributed by atoms with Crippen molar-refractivity contribution in [1.29, 1.82) is 0 Å². The van der Waals surface area contributed by atoms with Gasteiger partial charge in [-0.05, 0) is 42.0 Å². The number of methoxy groups -OCH3 is 2. The first-order chi connectivity index (χ1) is 14.9. The van der Waals surface area contributed by atoms with E-state index in [4.69, 9.17) is 9.47 Å². The highest BCUT2D eigenvalue weighted by Crippen LogP contribution is 2.20. The predicted octanol–water partition coefficient (Wildman–Crippen LogP) is 1.37. The number of ether oxygens (including phenoxy) is 2. The maximum Gasteiger partial charge on any atom is 0.243 e. The lowest BCUT2D eigenvalue weighted by molar-refractivity contribution is -0.120. The predicted molar refractivity (Wildman–Crippen MR) is 118 cm³/mol. The van der Waals surface area contributed by atoms with Gasteiger partial charge >= 0.3 is 0 Å². The number of amides is 1. The van der Waals surface area contributed by atoms with Gasteiger partial charge in [0.25, 0.3) is 0 Å². The second kappa shape index (κ2) is 10.6. The standard InChI is InChI=1S/C22H29N3O5S/c1-29-19-5-3-18(4-6-19)17-22(26)23-11-12-24-13-15-25(16-14-24)31(27,28)21-9-7-20(30-2)8-10-21/h3-10H,11-17H2,1-2H3,(H,23,26). The van der Waals surface area contributed by atoms with Crippen molar-refractivity contribution in [2.75, 3.05) is 53.5 Å². The number of benzene rings is 2. The van der Waals surface area contributed by atoms with E-state index >= 15 is 0 Å². The van der Waals surface area contributed by atoms with E-state index in [0.29, 0.717) is 51.4 Å². The monoisotopic (exact) mass is 447 g/mol. The van der Waals surface area contributed by atoms with Gasteiger partial charge in [0.2, 0.25) is 15.9 Å². The molecular formula is C22H29N3O5S. The third kappa shape index (κ3) is 6.19. The van der Waals surface area contributed by atoms with Crippen LogP contribution in [0.4, 0.5) is 0 Å². The Balaban J connectivity index is 1.40. The molecule has 168 valence electrons. The summed E-state index contributed by atoms with van der Waals surface area (Å²) in [5, 5.41) is 2.93. The average Bonchev–Trinajstić information content (AvgIpc) is 2.80. The van der Waals surface area contributed by atoms with Crippen LogP contribution in [-0.2, 0) is 21.2 Å². The number of rotatable bonds is 9. The first-order valence-corrected chi connectivity index (χ1v) is 11.6. The molecule has 1 heterocycles. The van der Waals surface area contributed by atoms with Crippen molar-refractivity contribution in [2.45, 2.75) is 11.3 Å². The third-order valence-corrected chi connectivity index (χ3v) is 7.22. The smallest absolute Gasteiger partial charge is 0.243 e. The summed E-state index contributed by atoms with van der Waals surface area (Å²) >= 11 is 0. The Morgan fingerprint density at radius 2 is 1.45 bits per heavy atom. The zero-order valence-corrected chi connectivity index (χ0v) is 18.7. The van der Waals surface area contributed by atoms with Crippen LogP contribution in [0, 0.1) is 0 Å². The topological polar surface area (TPSA) is 88.2 Å². The molecule has 0 unspecified atom stereocenters. The number of hydrogen-bond donors (Lipinski definition) is 1. The molecule has 0 aromatic heterocycles. The van der Waals surface area contributed by atoms with Crippen LogP contribution in [0.2, 0.25) is 0 Å². The summed E-state index contributed by atoms with van der Waals surface area (Å²) in [6, 6.07) is 13.9. The minimum Gasteiger partial charge on any atom is -0.497 e. The van der Waals surface area contributed by atoms with Gasteiger partial charge in [-0.25, -0.2) is 8.42 Å². The molecule has 2 aromatic carbocycles. The summed E-state index contributed by atoms with van der Waals surface area (Å²) in [6.45, 7) is 3.32. The van der Waals surface area contributed by atoms with Crippen LogP contribution >= 0.6 is 0 Å². The maximum atomic E-state index is 12.8. The molecule has 1 fully saturated rings. The quantitative estimate of drug-likeness (QED) is 0.625. The fourth-order valence-corrected chi connectivity index (χ4v) is 4.86. The summed E-state index contributed by atoms with van der Waals surface area (Å²) in [4.78, 5) is 14.6. The lowest BCUT2D eigenvalue weighted by Gasteiger charge is -2.34. The highest BCUT2D eigenvalue weighted by molar-refractivity contribution is 7.89. The van der Waals surface area contributed by atoms with Crippen LogP contribution in [-0.4, -0.2) is 77.0 Å². The molecule has 2 aromatic rings.